The van der Waals surface area contributed by atoms with Crippen LogP contribution in [-0.2, 0) is 29.7 Å². The zero-order valence-electron chi connectivity index (χ0n) is 17.7. The number of thiophene rings is 1. The van der Waals surface area contributed by atoms with Crippen LogP contribution >= 0.6 is 11.3 Å². The van der Waals surface area contributed by atoms with Crippen molar-refractivity contribution in [1.82, 2.24) is 9.88 Å². The number of aliphatic carboxylic acids is 1. The molecular formula is C23H30N2O4S. The predicted molar refractivity (Wildman–Crippen MR) is 118 cm³/mol. The standard InChI is InChI=1S/C23H30N2O4S/c1-3-4-12-25-19-10-8-6-5-7-9-16(19)14-18(21(25)27)20(26)24-23(2,22(28)29)17-11-13-30-15-17/h11,13-15H,3-10,12H2,1-2H3,(H,24,26)(H,28,29). The highest BCUT2D eigenvalue weighted by Gasteiger charge is 2.38. The maximum absolute atomic E-state index is 13.3. The van der Waals surface area contributed by atoms with Gasteiger partial charge in [-0.25, -0.2) is 4.79 Å². The van der Waals surface area contributed by atoms with E-state index in [1.807, 2.05) is 0 Å². The maximum atomic E-state index is 13.3. The molecule has 1 unspecified atom stereocenters. The van der Waals surface area contributed by atoms with Gasteiger partial charge in [0.2, 0.25) is 0 Å². The molecule has 0 saturated carbocycles. The Balaban J connectivity index is 2.04. The predicted octanol–water partition coefficient (Wildman–Crippen LogP) is 4.10. The van der Waals surface area contributed by atoms with Crippen LogP contribution in [0.2, 0.25) is 0 Å². The van der Waals surface area contributed by atoms with Crippen molar-refractivity contribution in [2.75, 3.05) is 0 Å². The van der Waals surface area contributed by atoms with Crippen molar-refractivity contribution in [3.63, 3.8) is 0 Å². The number of rotatable bonds is 7. The van der Waals surface area contributed by atoms with Crippen LogP contribution in [0.25, 0.3) is 0 Å². The Morgan fingerprint density at radius 3 is 2.60 bits per heavy atom. The Bertz CT molecular complexity index is 964. The third kappa shape index (κ3) is 4.51. The largest absolute Gasteiger partial charge is 0.479 e. The molecule has 1 amide bonds. The molecule has 0 aromatic carbocycles. The quantitative estimate of drug-likeness (QED) is 0.692. The second kappa shape index (κ2) is 9.60. The lowest BCUT2D eigenvalue weighted by molar-refractivity contribution is -0.144. The second-order valence-corrected chi connectivity index (χ2v) is 8.93. The molecule has 2 aromatic rings. The molecule has 0 aliphatic heterocycles. The first-order valence-corrected chi connectivity index (χ1v) is 11.7. The average molecular weight is 431 g/mol. The molecule has 0 radical (unpaired) electrons. The molecule has 0 saturated heterocycles. The number of carboxylic acid groups (broad SMARTS) is 1. The Morgan fingerprint density at radius 2 is 1.97 bits per heavy atom. The highest BCUT2D eigenvalue weighted by Crippen LogP contribution is 2.25. The maximum Gasteiger partial charge on any atom is 0.333 e. The van der Waals surface area contributed by atoms with Crippen LogP contribution < -0.4 is 10.9 Å². The van der Waals surface area contributed by atoms with Gasteiger partial charge in [0.1, 0.15) is 5.56 Å². The number of nitrogens with one attached hydrogen (secondary N) is 1. The molecule has 2 heterocycles. The molecule has 2 N–H and O–H groups in total. The molecule has 0 fully saturated rings. The van der Waals surface area contributed by atoms with Crippen LogP contribution in [0.1, 0.15) is 79.6 Å². The molecule has 7 heteroatoms. The lowest BCUT2D eigenvalue weighted by atomic mass is 9.93. The first-order valence-electron chi connectivity index (χ1n) is 10.7. The van der Waals surface area contributed by atoms with Crippen molar-refractivity contribution >= 4 is 23.2 Å². The van der Waals surface area contributed by atoms with Crippen LogP contribution in [0.5, 0.6) is 0 Å². The highest BCUT2D eigenvalue weighted by molar-refractivity contribution is 7.08. The summed E-state index contributed by atoms with van der Waals surface area (Å²) in [4.78, 5) is 38.5. The number of carboxylic acids is 1. The lowest BCUT2D eigenvalue weighted by Crippen LogP contribution is -2.50. The molecule has 1 atom stereocenters. The fourth-order valence-electron chi connectivity index (χ4n) is 4.04. The van der Waals surface area contributed by atoms with Gasteiger partial charge in [0, 0.05) is 12.2 Å². The number of pyridine rings is 1. The molecule has 0 spiro atoms. The lowest BCUT2D eigenvalue weighted by Gasteiger charge is -2.26. The van der Waals surface area contributed by atoms with Crippen LogP contribution in [-0.4, -0.2) is 21.6 Å². The van der Waals surface area contributed by atoms with Gasteiger partial charge in [-0.05, 0) is 73.0 Å². The number of hydrogen-bond acceptors (Lipinski definition) is 4. The zero-order chi connectivity index (χ0) is 21.7. The molecule has 2 aromatic heterocycles. The number of carbonyl (C=O) groups is 2. The van der Waals surface area contributed by atoms with Gasteiger partial charge in [0.15, 0.2) is 5.54 Å². The number of aryl methyl sites for hydroxylation is 1. The van der Waals surface area contributed by atoms with E-state index in [2.05, 4.69) is 12.2 Å². The first kappa shape index (κ1) is 22.3. The van der Waals surface area contributed by atoms with Gasteiger partial charge in [-0.1, -0.05) is 26.2 Å². The first-order chi connectivity index (χ1) is 14.4. The summed E-state index contributed by atoms with van der Waals surface area (Å²) >= 11 is 1.36. The molecule has 1 aliphatic carbocycles. The number of fused-ring (bicyclic) bond motifs is 1. The summed E-state index contributed by atoms with van der Waals surface area (Å²) < 4.78 is 1.77. The fourth-order valence-corrected chi connectivity index (χ4v) is 4.81. The summed E-state index contributed by atoms with van der Waals surface area (Å²) in [5.41, 5.74) is 0.700. The summed E-state index contributed by atoms with van der Waals surface area (Å²) in [6.07, 6.45) is 7.86. The Labute approximate surface area is 180 Å². The van der Waals surface area contributed by atoms with E-state index in [-0.39, 0.29) is 11.1 Å². The van der Waals surface area contributed by atoms with E-state index in [0.29, 0.717) is 12.1 Å². The molecule has 3 rings (SSSR count). The van der Waals surface area contributed by atoms with Gasteiger partial charge in [-0.15, -0.1) is 0 Å². The van der Waals surface area contributed by atoms with Crippen molar-refractivity contribution in [2.45, 2.75) is 77.3 Å². The van der Waals surface area contributed by atoms with Crippen molar-refractivity contribution < 1.29 is 14.7 Å². The summed E-state index contributed by atoms with van der Waals surface area (Å²) in [5, 5.41) is 15.9. The normalized spacial score (nSPS) is 16.1. The highest BCUT2D eigenvalue weighted by atomic mass is 32.1. The fraction of sp³-hybridized carbons (Fsp3) is 0.522. The van der Waals surface area contributed by atoms with E-state index in [1.54, 1.807) is 27.5 Å². The van der Waals surface area contributed by atoms with E-state index in [1.165, 1.54) is 18.3 Å². The van der Waals surface area contributed by atoms with Crippen LogP contribution in [0.15, 0.2) is 27.7 Å². The number of unbranched alkanes of at least 4 members (excludes halogenated alkanes) is 1. The molecule has 6 nitrogen and oxygen atoms in total. The van der Waals surface area contributed by atoms with E-state index in [9.17, 15) is 19.5 Å². The SMILES string of the molecule is CCCCn1c2c(cc(C(=O)NC(C)(C(=O)O)c3ccsc3)c1=O)CCCCCC2. The summed E-state index contributed by atoms with van der Waals surface area (Å²) in [6, 6.07) is 3.38. The molecule has 30 heavy (non-hydrogen) atoms. The van der Waals surface area contributed by atoms with Crippen molar-refractivity contribution in [3.8, 4) is 0 Å². The Hall–Kier alpha value is -2.41. The van der Waals surface area contributed by atoms with E-state index >= 15 is 0 Å². The van der Waals surface area contributed by atoms with Crippen molar-refractivity contribution in [3.05, 3.63) is 55.6 Å². The van der Waals surface area contributed by atoms with Gasteiger partial charge in [0.05, 0.1) is 0 Å². The third-order valence-electron chi connectivity index (χ3n) is 5.97. The minimum atomic E-state index is -1.60. The molecule has 1 aliphatic rings. The Kier molecular flexibility index (Phi) is 7.13. The minimum absolute atomic E-state index is 0.0353. The smallest absolute Gasteiger partial charge is 0.333 e. The van der Waals surface area contributed by atoms with Crippen molar-refractivity contribution in [1.29, 1.82) is 0 Å². The van der Waals surface area contributed by atoms with Crippen molar-refractivity contribution in [2.24, 2.45) is 0 Å². The molecule has 0 bridgehead atoms. The number of carbonyl (C=O) groups excluding carboxylic acids is 1. The minimum Gasteiger partial charge on any atom is -0.479 e. The topological polar surface area (TPSA) is 88.4 Å². The van der Waals surface area contributed by atoms with Gasteiger partial charge in [0.25, 0.3) is 11.5 Å². The number of amides is 1. The van der Waals surface area contributed by atoms with Crippen LogP contribution in [0.4, 0.5) is 0 Å². The molecular weight excluding hydrogens is 400 g/mol. The van der Waals surface area contributed by atoms with Gasteiger partial charge in [-0.2, -0.15) is 11.3 Å². The van der Waals surface area contributed by atoms with Gasteiger partial charge in [-0.3, -0.25) is 9.59 Å². The van der Waals surface area contributed by atoms with E-state index in [0.717, 1.165) is 62.6 Å². The third-order valence-corrected chi connectivity index (χ3v) is 6.65. The number of nitrogens with zero attached hydrogens (tertiary/aromatic N) is 1. The van der Waals surface area contributed by atoms with Crippen LogP contribution in [0, 0.1) is 0 Å². The monoisotopic (exact) mass is 430 g/mol. The number of aromatic nitrogens is 1. The summed E-state index contributed by atoms with van der Waals surface area (Å²) in [7, 11) is 0. The zero-order valence-corrected chi connectivity index (χ0v) is 18.5. The summed E-state index contributed by atoms with van der Waals surface area (Å²) in [6.45, 7) is 4.11. The van der Waals surface area contributed by atoms with E-state index in [4.69, 9.17) is 0 Å². The Morgan fingerprint density at radius 1 is 1.23 bits per heavy atom. The average Bonchev–Trinajstić information content (AvgIpc) is 3.23. The second-order valence-electron chi connectivity index (χ2n) is 8.15. The van der Waals surface area contributed by atoms with Gasteiger partial charge < -0.3 is 15.0 Å². The van der Waals surface area contributed by atoms with Gasteiger partial charge >= 0.3 is 5.97 Å². The molecule has 162 valence electrons. The van der Waals surface area contributed by atoms with E-state index < -0.39 is 17.4 Å². The van der Waals surface area contributed by atoms with Crippen LogP contribution in [0.3, 0.4) is 0 Å². The number of hydrogen-bond donors (Lipinski definition) is 2. The summed E-state index contributed by atoms with van der Waals surface area (Å²) in [5.74, 6) is -1.79.